The molecule has 0 aliphatic rings. The lowest BCUT2D eigenvalue weighted by Crippen LogP contribution is -1.85. The fraction of sp³-hybridized carbons (Fsp3) is 0.118. The van der Waals surface area contributed by atoms with Crippen molar-refractivity contribution in [1.82, 2.24) is 9.38 Å². The molecule has 104 valence electrons. The largest absolute Gasteiger partial charge is 0.289 e. The molecule has 0 amide bonds. The predicted octanol–water partition coefficient (Wildman–Crippen LogP) is 5.60. The first-order valence-electron chi connectivity index (χ1n) is 6.77. The lowest BCUT2D eigenvalue weighted by molar-refractivity contribution is 1.25. The van der Waals surface area contributed by atoms with E-state index < -0.39 is 0 Å². The molecule has 0 unspecified atom stereocenters. The van der Waals surface area contributed by atoms with Crippen LogP contribution in [0.1, 0.15) is 11.1 Å². The van der Waals surface area contributed by atoms with E-state index in [4.69, 9.17) is 4.98 Å². The highest BCUT2D eigenvalue weighted by Gasteiger charge is 2.12. The quantitative estimate of drug-likeness (QED) is 0.434. The minimum absolute atomic E-state index is 1.02. The molecule has 0 aliphatic carbocycles. The first-order valence-corrected chi connectivity index (χ1v) is 8.38. The van der Waals surface area contributed by atoms with Crippen molar-refractivity contribution in [1.29, 1.82) is 0 Å². The van der Waals surface area contributed by atoms with Gasteiger partial charge in [0.05, 0.1) is 15.9 Å². The van der Waals surface area contributed by atoms with Gasteiger partial charge in [-0.05, 0) is 43.2 Å². The van der Waals surface area contributed by atoms with Crippen molar-refractivity contribution in [2.45, 2.75) is 13.8 Å². The summed E-state index contributed by atoms with van der Waals surface area (Å²) in [6, 6.07) is 12.7. The van der Waals surface area contributed by atoms with Gasteiger partial charge >= 0.3 is 0 Å². The number of thiazole rings is 1. The number of aromatic nitrogens is 2. The van der Waals surface area contributed by atoms with Gasteiger partial charge in [-0.15, -0.1) is 0 Å². The maximum Gasteiger partial charge on any atom is 0.195 e. The van der Waals surface area contributed by atoms with E-state index in [2.05, 4.69) is 76.8 Å². The van der Waals surface area contributed by atoms with Crippen molar-refractivity contribution < 1.29 is 0 Å². The first-order chi connectivity index (χ1) is 10.1. The van der Waals surface area contributed by atoms with E-state index >= 15 is 0 Å². The highest BCUT2D eigenvalue weighted by molar-refractivity contribution is 9.10. The normalized spacial score (nSPS) is 11.6. The van der Waals surface area contributed by atoms with Gasteiger partial charge < -0.3 is 0 Å². The number of fused-ring (bicyclic) bond motifs is 3. The standard InChI is InChI=1S/C17H13BrN2S/c1-10-3-8-15-16(11(10)2)20-9-14(19-17(20)21-15)12-4-6-13(18)7-5-12/h3-9H,1-2H3. The Bertz CT molecular complexity index is 964. The Morgan fingerprint density at radius 1 is 1.05 bits per heavy atom. The lowest BCUT2D eigenvalue weighted by Gasteiger charge is -2.01. The third-order valence-corrected chi connectivity index (χ3v) is 5.47. The van der Waals surface area contributed by atoms with E-state index in [9.17, 15) is 0 Å². The number of nitrogens with zero attached hydrogens (tertiary/aromatic N) is 2. The van der Waals surface area contributed by atoms with Gasteiger partial charge in [0, 0.05) is 16.2 Å². The van der Waals surface area contributed by atoms with Crippen LogP contribution in [0.2, 0.25) is 0 Å². The van der Waals surface area contributed by atoms with Crippen molar-refractivity contribution in [3.05, 3.63) is 58.2 Å². The smallest absolute Gasteiger partial charge is 0.195 e. The van der Waals surface area contributed by atoms with Crippen LogP contribution in [0, 0.1) is 13.8 Å². The van der Waals surface area contributed by atoms with Crippen molar-refractivity contribution in [3.63, 3.8) is 0 Å². The Morgan fingerprint density at radius 3 is 2.57 bits per heavy atom. The average molecular weight is 357 g/mol. The number of rotatable bonds is 1. The van der Waals surface area contributed by atoms with Gasteiger partial charge in [0.1, 0.15) is 0 Å². The van der Waals surface area contributed by atoms with Crippen LogP contribution in [-0.2, 0) is 0 Å². The summed E-state index contributed by atoms with van der Waals surface area (Å²) in [5.41, 5.74) is 6.11. The third-order valence-electron chi connectivity index (χ3n) is 3.92. The van der Waals surface area contributed by atoms with Gasteiger partial charge in [0.15, 0.2) is 4.96 Å². The molecule has 2 aromatic heterocycles. The molecular weight excluding hydrogens is 344 g/mol. The molecule has 0 radical (unpaired) electrons. The molecule has 2 aromatic carbocycles. The molecule has 2 nitrogen and oxygen atoms in total. The highest BCUT2D eigenvalue weighted by atomic mass is 79.9. The van der Waals surface area contributed by atoms with Crippen LogP contribution in [0.25, 0.3) is 26.4 Å². The van der Waals surface area contributed by atoms with E-state index in [0.717, 1.165) is 20.7 Å². The van der Waals surface area contributed by atoms with Crippen LogP contribution in [0.15, 0.2) is 47.1 Å². The number of benzene rings is 2. The van der Waals surface area contributed by atoms with E-state index in [-0.39, 0.29) is 0 Å². The van der Waals surface area contributed by atoms with Crippen molar-refractivity contribution in [3.8, 4) is 11.3 Å². The molecule has 0 atom stereocenters. The Morgan fingerprint density at radius 2 is 1.81 bits per heavy atom. The molecular formula is C17H13BrN2S. The maximum atomic E-state index is 4.79. The minimum atomic E-state index is 1.02. The number of aryl methyl sites for hydroxylation is 2. The molecule has 4 heteroatoms. The summed E-state index contributed by atoms with van der Waals surface area (Å²) in [5, 5.41) is 0. The molecule has 0 fully saturated rings. The second kappa shape index (κ2) is 4.68. The van der Waals surface area contributed by atoms with Crippen molar-refractivity contribution in [2.24, 2.45) is 0 Å². The highest BCUT2D eigenvalue weighted by Crippen LogP contribution is 2.32. The lowest BCUT2D eigenvalue weighted by atomic mass is 10.1. The fourth-order valence-corrected chi connectivity index (χ4v) is 3.94. The predicted molar refractivity (Wildman–Crippen MR) is 93.2 cm³/mol. The molecule has 21 heavy (non-hydrogen) atoms. The molecule has 0 N–H and O–H groups in total. The Balaban J connectivity index is 1.98. The van der Waals surface area contributed by atoms with Crippen molar-refractivity contribution in [2.75, 3.05) is 0 Å². The second-order valence-electron chi connectivity index (χ2n) is 5.24. The van der Waals surface area contributed by atoms with Crippen LogP contribution in [0.3, 0.4) is 0 Å². The molecule has 0 saturated carbocycles. The van der Waals surface area contributed by atoms with Crippen LogP contribution >= 0.6 is 27.3 Å². The zero-order valence-corrected chi connectivity index (χ0v) is 14.1. The maximum absolute atomic E-state index is 4.79. The Labute approximate surface area is 135 Å². The average Bonchev–Trinajstić information content (AvgIpc) is 3.01. The van der Waals surface area contributed by atoms with Crippen LogP contribution in [-0.4, -0.2) is 9.38 Å². The molecule has 0 bridgehead atoms. The molecule has 0 aliphatic heterocycles. The number of imidazole rings is 1. The zero-order valence-electron chi connectivity index (χ0n) is 11.7. The summed E-state index contributed by atoms with van der Waals surface area (Å²) in [5.74, 6) is 0. The van der Waals surface area contributed by atoms with Gasteiger partial charge in [0.25, 0.3) is 0 Å². The molecule has 4 aromatic rings. The molecule has 0 spiro atoms. The van der Waals surface area contributed by atoms with Gasteiger partial charge in [-0.25, -0.2) is 4.98 Å². The third kappa shape index (κ3) is 2.01. The number of hydrogen-bond acceptors (Lipinski definition) is 2. The fourth-order valence-electron chi connectivity index (χ4n) is 2.61. The Hall–Kier alpha value is -1.65. The summed E-state index contributed by atoms with van der Waals surface area (Å²) in [4.78, 5) is 5.84. The van der Waals surface area contributed by atoms with Crippen LogP contribution in [0.4, 0.5) is 0 Å². The van der Waals surface area contributed by atoms with Crippen molar-refractivity contribution >= 4 is 42.4 Å². The topological polar surface area (TPSA) is 17.3 Å². The summed E-state index contributed by atoms with van der Waals surface area (Å²) in [6.07, 6.45) is 2.14. The molecule has 4 rings (SSSR count). The monoisotopic (exact) mass is 356 g/mol. The van der Waals surface area contributed by atoms with E-state index in [1.54, 1.807) is 11.3 Å². The summed E-state index contributed by atoms with van der Waals surface area (Å²) >= 11 is 5.22. The van der Waals surface area contributed by atoms with Gasteiger partial charge in [-0.2, -0.15) is 0 Å². The second-order valence-corrected chi connectivity index (χ2v) is 7.17. The minimum Gasteiger partial charge on any atom is -0.289 e. The molecule has 2 heterocycles. The van der Waals surface area contributed by atoms with Gasteiger partial charge in [-0.1, -0.05) is 45.5 Å². The number of hydrogen-bond donors (Lipinski definition) is 0. The Kier molecular flexibility index (Phi) is 2.91. The van der Waals surface area contributed by atoms with Gasteiger partial charge in [0.2, 0.25) is 0 Å². The SMILES string of the molecule is Cc1ccc2sc3nc(-c4ccc(Br)cc4)cn3c2c1C. The van der Waals surface area contributed by atoms with Gasteiger partial charge in [-0.3, -0.25) is 4.40 Å². The van der Waals surface area contributed by atoms with E-state index in [1.807, 2.05) is 0 Å². The summed E-state index contributed by atoms with van der Waals surface area (Å²) in [7, 11) is 0. The van der Waals surface area contributed by atoms with E-state index in [0.29, 0.717) is 0 Å². The molecule has 0 saturated heterocycles. The van der Waals surface area contributed by atoms with E-state index in [1.165, 1.54) is 21.3 Å². The number of halogens is 1. The van der Waals surface area contributed by atoms with Crippen LogP contribution < -0.4 is 0 Å². The first kappa shape index (κ1) is 13.0. The van der Waals surface area contributed by atoms with Crippen LogP contribution in [0.5, 0.6) is 0 Å². The summed E-state index contributed by atoms with van der Waals surface area (Å²) in [6.45, 7) is 4.34. The summed E-state index contributed by atoms with van der Waals surface area (Å²) < 4.78 is 4.60. The zero-order chi connectivity index (χ0) is 14.6.